The van der Waals surface area contributed by atoms with Gasteiger partial charge in [0, 0.05) is 31.5 Å². The Morgan fingerprint density at radius 3 is 2.13 bits per heavy atom. The normalized spacial score (nSPS) is 17.1. The second kappa shape index (κ2) is 8.18. The largest absolute Gasteiger partial charge is 0.388 e. The van der Waals surface area contributed by atoms with Gasteiger partial charge >= 0.3 is 0 Å². The van der Waals surface area contributed by atoms with Crippen LogP contribution in [-0.2, 0) is 0 Å². The van der Waals surface area contributed by atoms with Gasteiger partial charge in [-0.1, -0.05) is 18.2 Å². The number of nitrogens with one attached hydrogen (secondary N) is 1. The minimum absolute atomic E-state index is 0.732. The molecule has 23 heavy (non-hydrogen) atoms. The van der Waals surface area contributed by atoms with Gasteiger partial charge in [0.05, 0.1) is 0 Å². The van der Waals surface area contributed by atoms with Gasteiger partial charge in [0.25, 0.3) is 0 Å². The predicted octanol–water partition coefficient (Wildman–Crippen LogP) is 3.07. The number of hydrogen-bond acceptors (Lipinski definition) is 4. The highest BCUT2D eigenvalue weighted by Crippen LogP contribution is 2.29. The Kier molecular flexibility index (Phi) is 6.25. The minimum atomic E-state index is -0.893. The van der Waals surface area contributed by atoms with Crippen LogP contribution in [0.1, 0.15) is 38.4 Å². The van der Waals surface area contributed by atoms with E-state index in [0.717, 1.165) is 42.8 Å². The summed E-state index contributed by atoms with van der Waals surface area (Å²) in [5, 5.41) is 24.0. The summed E-state index contributed by atoms with van der Waals surface area (Å²) in [4.78, 5) is 2.33. The molecule has 0 fully saturated rings. The van der Waals surface area contributed by atoms with E-state index < -0.39 is 12.2 Å². The van der Waals surface area contributed by atoms with Crippen LogP contribution >= 0.6 is 0 Å². The molecule has 0 saturated heterocycles. The number of aliphatic hydroxyl groups excluding tert-OH is 2. The summed E-state index contributed by atoms with van der Waals surface area (Å²) in [6.45, 7) is 6.29. The maximum atomic E-state index is 10.5. The monoisotopic (exact) mass is 316 g/mol. The predicted molar refractivity (Wildman–Crippen MR) is 95.3 cm³/mol. The lowest BCUT2D eigenvalue weighted by Crippen LogP contribution is -2.26. The number of allylic oxidation sites excluding steroid dienone is 3. The third-order valence-electron chi connectivity index (χ3n) is 4.55. The quantitative estimate of drug-likeness (QED) is 0.723. The molecule has 0 saturated carbocycles. The molecule has 4 nitrogen and oxygen atoms in total. The van der Waals surface area contributed by atoms with Crippen molar-refractivity contribution in [2.45, 2.75) is 38.9 Å². The van der Waals surface area contributed by atoms with Crippen molar-refractivity contribution >= 4 is 5.69 Å². The second-order valence-electron chi connectivity index (χ2n) is 5.83. The third kappa shape index (κ3) is 4.15. The van der Waals surface area contributed by atoms with E-state index in [1.807, 2.05) is 37.4 Å². The molecule has 0 aromatic heterocycles. The van der Waals surface area contributed by atoms with Crippen LogP contribution in [0.4, 0.5) is 5.69 Å². The Morgan fingerprint density at radius 2 is 1.65 bits per heavy atom. The van der Waals surface area contributed by atoms with Gasteiger partial charge in [0.1, 0.15) is 12.2 Å². The molecular formula is C19H28N2O2. The van der Waals surface area contributed by atoms with E-state index in [1.165, 1.54) is 5.70 Å². The maximum absolute atomic E-state index is 10.5. The van der Waals surface area contributed by atoms with Gasteiger partial charge in [-0.25, -0.2) is 0 Å². The highest BCUT2D eigenvalue weighted by molar-refractivity contribution is 5.44. The molecule has 0 aliphatic heterocycles. The van der Waals surface area contributed by atoms with Gasteiger partial charge in [-0.05, 0) is 56.0 Å². The van der Waals surface area contributed by atoms with Gasteiger partial charge in [-0.2, -0.15) is 0 Å². The molecule has 2 rings (SSSR count). The summed E-state index contributed by atoms with van der Waals surface area (Å²) < 4.78 is 0. The first-order valence-corrected chi connectivity index (χ1v) is 8.39. The van der Waals surface area contributed by atoms with Crippen LogP contribution in [0.15, 0.2) is 47.7 Å². The Hall–Kier alpha value is -1.78. The number of hydrogen-bond donors (Lipinski definition) is 3. The van der Waals surface area contributed by atoms with Crippen molar-refractivity contribution in [3.63, 3.8) is 0 Å². The SMILES string of the molecule is CCN(CC)C1=CC=C(C(O)C(O)c2ccc(NC)cc2)CC1. The van der Waals surface area contributed by atoms with Crippen molar-refractivity contribution in [1.82, 2.24) is 4.90 Å². The highest BCUT2D eigenvalue weighted by atomic mass is 16.3. The van der Waals surface area contributed by atoms with E-state index in [1.54, 1.807) is 0 Å². The Labute approximate surface area is 139 Å². The summed E-state index contributed by atoms with van der Waals surface area (Å²) in [7, 11) is 1.85. The standard InChI is InChI=1S/C19H28N2O2/c1-4-21(5-2)17-12-8-15(9-13-17)19(23)18(22)14-6-10-16(20-3)11-7-14/h6-8,10-12,18-20,22-23H,4-5,9,13H2,1-3H3. The molecule has 1 aromatic carbocycles. The first-order chi connectivity index (χ1) is 11.1. The Morgan fingerprint density at radius 1 is 1.00 bits per heavy atom. The van der Waals surface area contributed by atoms with E-state index in [9.17, 15) is 10.2 Å². The molecule has 2 unspecified atom stereocenters. The number of rotatable bonds is 7. The van der Waals surface area contributed by atoms with Crippen molar-refractivity contribution < 1.29 is 10.2 Å². The summed E-state index contributed by atoms with van der Waals surface area (Å²) >= 11 is 0. The van der Waals surface area contributed by atoms with E-state index >= 15 is 0 Å². The third-order valence-corrected chi connectivity index (χ3v) is 4.55. The van der Waals surface area contributed by atoms with Crippen LogP contribution in [0.2, 0.25) is 0 Å². The number of nitrogens with zero attached hydrogens (tertiary/aromatic N) is 1. The lowest BCUT2D eigenvalue weighted by molar-refractivity contribution is 0.0389. The van der Waals surface area contributed by atoms with Gasteiger partial charge < -0.3 is 20.4 Å². The molecule has 126 valence electrons. The van der Waals surface area contributed by atoms with Gasteiger partial charge in [0.2, 0.25) is 0 Å². The summed E-state index contributed by atoms with van der Waals surface area (Å²) in [6, 6.07) is 7.50. The highest BCUT2D eigenvalue weighted by Gasteiger charge is 2.24. The molecule has 0 radical (unpaired) electrons. The molecule has 1 aromatic rings. The molecule has 0 heterocycles. The Bertz CT molecular complexity index is 559. The lowest BCUT2D eigenvalue weighted by atomic mass is 9.91. The van der Waals surface area contributed by atoms with Crippen molar-refractivity contribution in [1.29, 1.82) is 0 Å². The first kappa shape index (κ1) is 17.6. The zero-order valence-corrected chi connectivity index (χ0v) is 14.3. The molecular weight excluding hydrogens is 288 g/mol. The maximum Gasteiger partial charge on any atom is 0.109 e. The molecule has 0 bridgehead atoms. The lowest BCUT2D eigenvalue weighted by Gasteiger charge is -2.29. The molecule has 0 amide bonds. The number of aliphatic hydroxyl groups is 2. The van der Waals surface area contributed by atoms with Crippen molar-refractivity contribution in [2.24, 2.45) is 0 Å². The summed E-state index contributed by atoms with van der Waals surface area (Å²) in [5.41, 5.74) is 3.92. The number of anilines is 1. The van der Waals surface area contributed by atoms with Crippen molar-refractivity contribution in [2.75, 3.05) is 25.5 Å². The van der Waals surface area contributed by atoms with Crippen LogP contribution in [0.5, 0.6) is 0 Å². The molecule has 4 heteroatoms. The smallest absolute Gasteiger partial charge is 0.109 e. The fraction of sp³-hybridized carbons (Fsp3) is 0.474. The van der Waals surface area contributed by atoms with E-state index in [0.29, 0.717) is 0 Å². The average Bonchev–Trinajstić information content (AvgIpc) is 2.62. The topological polar surface area (TPSA) is 55.7 Å². The van der Waals surface area contributed by atoms with Crippen molar-refractivity contribution in [3.8, 4) is 0 Å². The molecule has 0 spiro atoms. The average molecular weight is 316 g/mol. The fourth-order valence-corrected chi connectivity index (χ4v) is 3.01. The van der Waals surface area contributed by atoms with E-state index in [-0.39, 0.29) is 0 Å². The minimum Gasteiger partial charge on any atom is -0.388 e. The summed E-state index contributed by atoms with van der Waals surface area (Å²) in [6.07, 6.45) is 3.99. The van der Waals surface area contributed by atoms with Gasteiger partial charge in [-0.15, -0.1) is 0 Å². The van der Waals surface area contributed by atoms with Crippen LogP contribution in [-0.4, -0.2) is 41.4 Å². The van der Waals surface area contributed by atoms with Crippen LogP contribution in [0, 0.1) is 0 Å². The second-order valence-corrected chi connectivity index (χ2v) is 5.83. The fourth-order valence-electron chi connectivity index (χ4n) is 3.01. The van der Waals surface area contributed by atoms with Gasteiger partial charge in [-0.3, -0.25) is 0 Å². The molecule has 1 aliphatic rings. The van der Waals surface area contributed by atoms with Crippen LogP contribution in [0.3, 0.4) is 0 Å². The molecule has 2 atom stereocenters. The molecule has 1 aliphatic carbocycles. The van der Waals surface area contributed by atoms with Crippen LogP contribution < -0.4 is 5.32 Å². The first-order valence-electron chi connectivity index (χ1n) is 8.39. The van der Waals surface area contributed by atoms with E-state index in [4.69, 9.17) is 0 Å². The van der Waals surface area contributed by atoms with Crippen molar-refractivity contribution in [3.05, 3.63) is 53.3 Å². The zero-order chi connectivity index (χ0) is 16.8. The molecule has 3 N–H and O–H groups in total. The van der Waals surface area contributed by atoms with E-state index in [2.05, 4.69) is 30.1 Å². The van der Waals surface area contributed by atoms with Crippen LogP contribution in [0.25, 0.3) is 0 Å². The zero-order valence-electron chi connectivity index (χ0n) is 14.3. The Balaban J connectivity index is 2.09. The number of benzene rings is 1. The van der Waals surface area contributed by atoms with Gasteiger partial charge in [0.15, 0.2) is 0 Å². The summed E-state index contributed by atoms with van der Waals surface area (Å²) in [5.74, 6) is 0.